The summed E-state index contributed by atoms with van der Waals surface area (Å²) in [5, 5.41) is 2.93. The number of terminal acetylenes is 1. The highest BCUT2D eigenvalue weighted by molar-refractivity contribution is 14.1. The summed E-state index contributed by atoms with van der Waals surface area (Å²) in [6, 6.07) is 7.56. The molecule has 0 aliphatic rings. The topological polar surface area (TPSA) is 29.1 Å². The molecule has 0 aliphatic heterocycles. The van der Waals surface area contributed by atoms with E-state index in [2.05, 4.69) is 33.8 Å². The quantitative estimate of drug-likeness (QED) is 0.669. The Labute approximate surface area is 110 Å². The molecule has 1 aromatic carbocycles. The summed E-state index contributed by atoms with van der Waals surface area (Å²) < 4.78 is 1.05. The van der Waals surface area contributed by atoms with E-state index in [4.69, 9.17) is 6.42 Å². The number of amides is 1. The van der Waals surface area contributed by atoms with Gasteiger partial charge in [-0.2, -0.15) is 0 Å². The molecule has 1 amide bonds. The molecule has 2 nitrogen and oxygen atoms in total. The van der Waals surface area contributed by atoms with Crippen LogP contribution in [0.25, 0.3) is 0 Å². The number of carbonyl (C=O) groups is 1. The fraction of sp³-hybridized carbons (Fsp3) is 0.308. The van der Waals surface area contributed by atoms with Gasteiger partial charge in [0.1, 0.15) is 0 Å². The van der Waals surface area contributed by atoms with Crippen LogP contribution in [0, 0.1) is 15.9 Å². The van der Waals surface area contributed by atoms with Crippen LogP contribution >= 0.6 is 22.6 Å². The molecule has 0 saturated heterocycles. The van der Waals surface area contributed by atoms with E-state index in [1.54, 1.807) is 6.07 Å². The van der Waals surface area contributed by atoms with Gasteiger partial charge in [-0.25, -0.2) is 0 Å². The lowest BCUT2D eigenvalue weighted by molar-refractivity contribution is 0.0936. The van der Waals surface area contributed by atoms with Crippen molar-refractivity contribution < 1.29 is 4.79 Å². The van der Waals surface area contributed by atoms with Gasteiger partial charge in [0.05, 0.1) is 0 Å². The highest BCUT2D eigenvalue weighted by Crippen LogP contribution is 2.08. The molecule has 1 rings (SSSR count). The van der Waals surface area contributed by atoms with Gasteiger partial charge in [0, 0.05) is 21.6 Å². The van der Waals surface area contributed by atoms with Crippen molar-refractivity contribution >= 4 is 28.5 Å². The predicted molar refractivity (Wildman–Crippen MR) is 74.2 cm³/mol. The zero-order valence-electron chi connectivity index (χ0n) is 9.16. The third kappa shape index (κ3) is 3.86. The first-order valence-electron chi connectivity index (χ1n) is 5.17. The molecule has 1 aromatic rings. The second-order valence-corrected chi connectivity index (χ2v) is 4.74. The van der Waals surface area contributed by atoms with Crippen LogP contribution in [0.3, 0.4) is 0 Å². The third-order valence-electron chi connectivity index (χ3n) is 2.28. The monoisotopic (exact) mass is 327 g/mol. The van der Waals surface area contributed by atoms with Gasteiger partial charge in [0.25, 0.3) is 5.91 Å². The van der Waals surface area contributed by atoms with Crippen LogP contribution in [0.1, 0.15) is 30.1 Å². The number of halogens is 1. The van der Waals surface area contributed by atoms with Gasteiger partial charge in [-0.05, 0) is 47.2 Å². The lowest BCUT2D eigenvalue weighted by Gasteiger charge is -2.14. The Morgan fingerprint density at radius 3 is 2.94 bits per heavy atom. The van der Waals surface area contributed by atoms with Crippen molar-refractivity contribution in [1.82, 2.24) is 5.32 Å². The van der Waals surface area contributed by atoms with Crippen LogP contribution in [0.2, 0.25) is 0 Å². The lowest BCUT2D eigenvalue weighted by atomic mass is 10.1. The second kappa shape index (κ2) is 6.54. The summed E-state index contributed by atoms with van der Waals surface area (Å²) in [6.07, 6.45) is 6.66. The third-order valence-corrected chi connectivity index (χ3v) is 2.95. The minimum atomic E-state index is -0.0550. The number of nitrogens with one attached hydrogen (secondary N) is 1. The molecule has 0 radical (unpaired) electrons. The Morgan fingerprint density at radius 1 is 1.62 bits per heavy atom. The van der Waals surface area contributed by atoms with Gasteiger partial charge in [-0.3, -0.25) is 4.79 Å². The Hall–Kier alpha value is -1.02. The van der Waals surface area contributed by atoms with Crippen molar-refractivity contribution in [2.24, 2.45) is 0 Å². The average molecular weight is 327 g/mol. The zero-order valence-corrected chi connectivity index (χ0v) is 11.3. The van der Waals surface area contributed by atoms with E-state index >= 15 is 0 Å². The van der Waals surface area contributed by atoms with Gasteiger partial charge >= 0.3 is 0 Å². The normalized spacial score (nSPS) is 11.6. The van der Waals surface area contributed by atoms with Crippen LogP contribution in [0.4, 0.5) is 0 Å². The first-order valence-corrected chi connectivity index (χ1v) is 6.25. The van der Waals surface area contributed by atoms with Crippen LogP contribution < -0.4 is 5.32 Å². The zero-order chi connectivity index (χ0) is 12.0. The van der Waals surface area contributed by atoms with Crippen LogP contribution in [0.5, 0.6) is 0 Å². The molecular weight excluding hydrogens is 313 g/mol. The van der Waals surface area contributed by atoms with E-state index in [1.807, 2.05) is 25.1 Å². The van der Waals surface area contributed by atoms with Gasteiger partial charge in [0.15, 0.2) is 0 Å². The first kappa shape index (κ1) is 13.0. The minimum Gasteiger partial charge on any atom is -0.348 e. The molecule has 0 fully saturated rings. The molecule has 3 heteroatoms. The summed E-state index contributed by atoms with van der Waals surface area (Å²) in [5.74, 6) is 2.52. The Kier molecular flexibility index (Phi) is 5.33. The highest BCUT2D eigenvalue weighted by Gasteiger charge is 2.10. The Bertz CT molecular complexity index is 409. The summed E-state index contributed by atoms with van der Waals surface area (Å²) in [5.41, 5.74) is 0.683. The SMILES string of the molecule is C#CCC(CC)NC(=O)c1cccc(I)c1. The number of carbonyl (C=O) groups excluding carboxylic acids is 1. The van der Waals surface area contributed by atoms with Crippen LogP contribution in [-0.4, -0.2) is 11.9 Å². The van der Waals surface area contributed by atoms with Crippen LogP contribution in [-0.2, 0) is 0 Å². The molecule has 0 heterocycles. The van der Waals surface area contributed by atoms with E-state index < -0.39 is 0 Å². The maximum atomic E-state index is 11.9. The molecule has 0 spiro atoms. The standard InChI is InChI=1S/C13H14INO/c1-3-6-12(4-2)15-13(16)10-7-5-8-11(14)9-10/h1,5,7-9,12H,4,6H2,2H3,(H,15,16). The number of rotatable bonds is 4. The molecule has 1 unspecified atom stereocenters. The summed E-state index contributed by atoms with van der Waals surface area (Å²) in [6.45, 7) is 2.01. The van der Waals surface area contributed by atoms with E-state index in [9.17, 15) is 4.79 Å². The van der Waals surface area contributed by atoms with Crippen molar-refractivity contribution in [3.05, 3.63) is 33.4 Å². The van der Waals surface area contributed by atoms with Gasteiger partial charge in [-0.1, -0.05) is 13.0 Å². The van der Waals surface area contributed by atoms with Crippen molar-refractivity contribution in [1.29, 1.82) is 0 Å². The maximum Gasteiger partial charge on any atom is 0.251 e. The van der Waals surface area contributed by atoms with E-state index in [-0.39, 0.29) is 11.9 Å². The molecule has 1 atom stereocenters. The Balaban J connectivity index is 2.68. The lowest BCUT2D eigenvalue weighted by Crippen LogP contribution is -2.34. The van der Waals surface area contributed by atoms with E-state index in [0.717, 1.165) is 9.99 Å². The Morgan fingerprint density at radius 2 is 2.38 bits per heavy atom. The average Bonchev–Trinajstić information content (AvgIpc) is 2.28. The number of benzene rings is 1. The molecule has 0 bridgehead atoms. The van der Waals surface area contributed by atoms with Gasteiger partial charge < -0.3 is 5.32 Å². The fourth-order valence-electron chi connectivity index (χ4n) is 1.34. The molecule has 1 N–H and O–H groups in total. The maximum absolute atomic E-state index is 11.9. The fourth-order valence-corrected chi connectivity index (χ4v) is 1.88. The van der Waals surface area contributed by atoms with Gasteiger partial charge in [-0.15, -0.1) is 12.3 Å². The van der Waals surface area contributed by atoms with Crippen molar-refractivity contribution in [2.45, 2.75) is 25.8 Å². The van der Waals surface area contributed by atoms with Crippen molar-refractivity contribution in [2.75, 3.05) is 0 Å². The number of hydrogen-bond donors (Lipinski definition) is 1. The molecule has 16 heavy (non-hydrogen) atoms. The van der Waals surface area contributed by atoms with E-state index in [1.165, 1.54) is 0 Å². The largest absolute Gasteiger partial charge is 0.348 e. The van der Waals surface area contributed by atoms with E-state index in [0.29, 0.717) is 12.0 Å². The second-order valence-electron chi connectivity index (χ2n) is 3.50. The summed E-state index contributed by atoms with van der Waals surface area (Å²) >= 11 is 2.19. The molecular formula is C13H14INO. The first-order chi connectivity index (χ1) is 7.67. The number of hydrogen-bond acceptors (Lipinski definition) is 1. The molecule has 0 aromatic heterocycles. The highest BCUT2D eigenvalue weighted by atomic mass is 127. The molecule has 84 valence electrons. The van der Waals surface area contributed by atoms with Gasteiger partial charge in [0.2, 0.25) is 0 Å². The minimum absolute atomic E-state index is 0.0550. The van der Waals surface area contributed by atoms with Crippen molar-refractivity contribution in [3.63, 3.8) is 0 Å². The summed E-state index contributed by atoms with van der Waals surface area (Å²) in [4.78, 5) is 11.9. The molecule has 0 aliphatic carbocycles. The summed E-state index contributed by atoms with van der Waals surface area (Å²) in [7, 11) is 0. The smallest absolute Gasteiger partial charge is 0.251 e. The van der Waals surface area contributed by atoms with Crippen LogP contribution in [0.15, 0.2) is 24.3 Å². The molecule has 0 saturated carbocycles. The van der Waals surface area contributed by atoms with Crippen molar-refractivity contribution in [3.8, 4) is 12.3 Å². The predicted octanol–water partition coefficient (Wildman–Crippen LogP) is 2.82.